The monoisotopic (exact) mass is 512 g/mol. The van der Waals surface area contributed by atoms with Crippen LogP contribution in [-0.2, 0) is 22.6 Å². The number of aryl methyl sites for hydroxylation is 1. The fourth-order valence-corrected chi connectivity index (χ4v) is 4.19. The molecular weight excluding hydrogens is 480 g/mol. The predicted octanol–water partition coefficient (Wildman–Crippen LogP) is 3.80. The number of anilines is 1. The molecular formula is C30H32N4O4. The molecule has 1 heterocycles. The van der Waals surface area contributed by atoms with E-state index in [9.17, 15) is 19.2 Å². The molecule has 0 saturated heterocycles. The summed E-state index contributed by atoms with van der Waals surface area (Å²) in [6.07, 6.45) is 1.11. The number of amides is 2. The van der Waals surface area contributed by atoms with Gasteiger partial charge in [-0.3, -0.25) is 19.0 Å². The van der Waals surface area contributed by atoms with E-state index in [1.54, 1.807) is 60.7 Å². The minimum Gasteiger partial charge on any atom is -0.356 e. The van der Waals surface area contributed by atoms with Gasteiger partial charge in [0.15, 0.2) is 0 Å². The van der Waals surface area contributed by atoms with Crippen molar-refractivity contribution in [3.8, 4) is 5.69 Å². The molecule has 0 aliphatic rings. The molecule has 38 heavy (non-hydrogen) atoms. The number of fused-ring (bicyclic) bond motifs is 1. The Bertz CT molecular complexity index is 1570. The number of hydrogen-bond donors (Lipinski definition) is 2. The summed E-state index contributed by atoms with van der Waals surface area (Å²) in [4.78, 5) is 52.0. The van der Waals surface area contributed by atoms with E-state index in [0.29, 0.717) is 34.7 Å². The molecule has 0 fully saturated rings. The summed E-state index contributed by atoms with van der Waals surface area (Å²) in [5.74, 6) is 0.0425. The highest BCUT2D eigenvalue weighted by molar-refractivity contribution is 5.91. The maximum Gasteiger partial charge on any atom is 0.336 e. The molecule has 0 unspecified atom stereocenters. The van der Waals surface area contributed by atoms with Crippen molar-refractivity contribution in [2.75, 3.05) is 11.9 Å². The van der Waals surface area contributed by atoms with Crippen molar-refractivity contribution >= 4 is 28.4 Å². The SMILES string of the molecule is Cc1ccc(NC(=O)Cn2c(=O)n(-c3ccc(CC(=O)NCCC(C)C)cc3)c(=O)c3ccccc32)cc1. The Morgan fingerprint density at radius 3 is 2.24 bits per heavy atom. The summed E-state index contributed by atoms with van der Waals surface area (Å²) in [5, 5.41) is 6.04. The van der Waals surface area contributed by atoms with Crippen molar-refractivity contribution in [1.29, 1.82) is 0 Å². The van der Waals surface area contributed by atoms with E-state index in [4.69, 9.17) is 0 Å². The van der Waals surface area contributed by atoms with Crippen molar-refractivity contribution in [3.05, 3.63) is 105 Å². The highest BCUT2D eigenvalue weighted by Gasteiger charge is 2.17. The number of nitrogens with zero attached hydrogens (tertiary/aromatic N) is 2. The largest absolute Gasteiger partial charge is 0.356 e. The van der Waals surface area contributed by atoms with Crippen LogP contribution in [0.1, 0.15) is 31.4 Å². The molecule has 0 atom stereocenters. The second kappa shape index (κ2) is 11.7. The second-order valence-electron chi connectivity index (χ2n) is 9.82. The number of hydrogen-bond acceptors (Lipinski definition) is 4. The van der Waals surface area contributed by atoms with Gasteiger partial charge in [-0.25, -0.2) is 9.36 Å². The standard InChI is InChI=1S/C30H32N4O4/c1-20(2)16-17-31-27(35)18-22-10-14-24(15-11-22)34-29(37)25-6-4-5-7-26(25)33(30(34)38)19-28(36)32-23-12-8-21(3)9-13-23/h4-15,20H,16-19H2,1-3H3,(H,31,35)(H,32,36). The van der Waals surface area contributed by atoms with Crippen LogP contribution in [0.3, 0.4) is 0 Å². The van der Waals surface area contributed by atoms with Crippen molar-refractivity contribution < 1.29 is 9.59 Å². The molecule has 4 rings (SSSR count). The van der Waals surface area contributed by atoms with Crippen molar-refractivity contribution in [3.63, 3.8) is 0 Å². The van der Waals surface area contributed by atoms with Gasteiger partial charge in [0, 0.05) is 12.2 Å². The molecule has 8 heteroatoms. The number of benzene rings is 3. The molecule has 2 N–H and O–H groups in total. The summed E-state index contributed by atoms with van der Waals surface area (Å²) < 4.78 is 2.37. The Labute approximate surface area is 220 Å². The Balaban J connectivity index is 1.62. The Morgan fingerprint density at radius 2 is 1.55 bits per heavy atom. The van der Waals surface area contributed by atoms with E-state index in [2.05, 4.69) is 24.5 Å². The summed E-state index contributed by atoms with van der Waals surface area (Å²) in [5.41, 5.74) is 2.11. The smallest absolute Gasteiger partial charge is 0.336 e. The molecule has 0 radical (unpaired) electrons. The third kappa shape index (κ3) is 6.26. The summed E-state index contributed by atoms with van der Waals surface area (Å²) in [6.45, 7) is 6.52. The van der Waals surface area contributed by atoms with Gasteiger partial charge < -0.3 is 10.6 Å². The molecule has 1 aromatic heterocycles. The zero-order valence-corrected chi connectivity index (χ0v) is 21.9. The van der Waals surface area contributed by atoms with Crippen LogP contribution in [0.25, 0.3) is 16.6 Å². The van der Waals surface area contributed by atoms with Gasteiger partial charge in [-0.2, -0.15) is 0 Å². The number of aromatic nitrogens is 2. The molecule has 0 aliphatic carbocycles. The molecule has 3 aromatic carbocycles. The minimum atomic E-state index is -0.619. The zero-order valence-electron chi connectivity index (χ0n) is 21.9. The normalized spacial score (nSPS) is 11.1. The number of rotatable bonds is 9. The average molecular weight is 513 g/mol. The fraction of sp³-hybridized carbons (Fsp3) is 0.267. The lowest BCUT2D eigenvalue weighted by Crippen LogP contribution is -2.40. The van der Waals surface area contributed by atoms with Crippen LogP contribution in [0, 0.1) is 12.8 Å². The summed E-state index contributed by atoms with van der Waals surface area (Å²) in [6, 6.07) is 20.8. The molecule has 0 bridgehead atoms. The highest BCUT2D eigenvalue weighted by Crippen LogP contribution is 2.13. The van der Waals surface area contributed by atoms with Crippen LogP contribution in [0.15, 0.2) is 82.4 Å². The first-order valence-electron chi connectivity index (χ1n) is 12.7. The maximum atomic E-state index is 13.6. The van der Waals surface area contributed by atoms with Gasteiger partial charge in [0.1, 0.15) is 6.54 Å². The first kappa shape index (κ1) is 26.6. The van der Waals surface area contributed by atoms with Crippen molar-refractivity contribution in [1.82, 2.24) is 14.5 Å². The number of carbonyl (C=O) groups excluding carboxylic acids is 2. The second-order valence-corrected chi connectivity index (χ2v) is 9.82. The maximum absolute atomic E-state index is 13.6. The van der Waals surface area contributed by atoms with Crippen LogP contribution in [0.4, 0.5) is 5.69 Å². The zero-order chi connectivity index (χ0) is 27.2. The summed E-state index contributed by atoms with van der Waals surface area (Å²) >= 11 is 0. The Kier molecular flexibility index (Phi) is 8.21. The molecule has 8 nitrogen and oxygen atoms in total. The van der Waals surface area contributed by atoms with Gasteiger partial charge in [-0.05, 0) is 61.2 Å². The molecule has 0 saturated carbocycles. The van der Waals surface area contributed by atoms with E-state index >= 15 is 0 Å². The van der Waals surface area contributed by atoms with E-state index in [1.807, 2.05) is 19.1 Å². The topological polar surface area (TPSA) is 102 Å². The number of nitrogens with one attached hydrogen (secondary N) is 2. The third-order valence-corrected chi connectivity index (χ3v) is 6.29. The van der Waals surface area contributed by atoms with Crippen LogP contribution in [0.5, 0.6) is 0 Å². The molecule has 4 aromatic rings. The van der Waals surface area contributed by atoms with Gasteiger partial charge in [0.25, 0.3) is 5.56 Å². The first-order valence-corrected chi connectivity index (χ1v) is 12.7. The van der Waals surface area contributed by atoms with E-state index in [1.165, 1.54) is 4.57 Å². The van der Waals surface area contributed by atoms with Crippen LogP contribution in [0.2, 0.25) is 0 Å². The van der Waals surface area contributed by atoms with Crippen molar-refractivity contribution in [2.45, 2.75) is 40.2 Å². The lowest BCUT2D eigenvalue weighted by molar-refractivity contribution is -0.120. The fourth-order valence-electron chi connectivity index (χ4n) is 4.19. The van der Waals surface area contributed by atoms with Gasteiger partial charge in [-0.1, -0.05) is 55.8 Å². The van der Waals surface area contributed by atoms with Crippen LogP contribution in [-0.4, -0.2) is 27.5 Å². The summed E-state index contributed by atoms with van der Waals surface area (Å²) in [7, 11) is 0. The molecule has 196 valence electrons. The number of carbonyl (C=O) groups is 2. The van der Waals surface area contributed by atoms with Crippen molar-refractivity contribution in [2.24, 2.45) is 5.92 Å². The van der Waals surface area contributed by atoms with E-state index < -0.39 is 11.2 Å². The van der Waals surface area contributed by atoms with Gasteiger partial charge >= 0.3 is 5.69 Å². The first-order chi connectivity index (χ1) is 18.2. The molecule has 0 aliphatic heterocycles. The number of para-hydroxylation sites is 1. The lowest BCUT2D eigenvalue weighted by atomic mass is 10.1. The Hall–Kier alpha value is -4.46. The predicted molar refractivity (Wildman–Crippen MR) is 150 cm³/mol. The third-order valence-electron chi connectivity index (χ3n) is 6.29. The highest BCUT2D eigenvalue weighted by atomic mass is 16.2. The van der Waals surface area contributed by atoms with Gasteiger partial charge in [-0.15, -0.1) is 0 Å². The quantitative estimate of drug-likeness (QED) is 0.356. The van der Waals surface area contributed by atoms with Gasteiger partial charge in [0.2, 0.25) is 11.8 Å². The lowest BCUT2D eigenvalue weighted by Gasteiger charge is -2.14. The molecule has 0 spiro atoms. The molecule has 2 amide bonds. The van der Waals surface area contributed by atoms with Crippen LogP contribution < -0.4 is 21.9 Å². The Morgan fingerprint density at radius 1 is 0.868 bits per heavy atom. The van der Waals surface area contributed by atoms with Crippen LogP contribution >= 0.6 is 0 Å². The average Bonchev–Trinajstić information content (AvgIpc) is 2.89. The van der Waals surface area contributed by atoms with E-state index in [-0.39, 0.29) is 24.8 Å². The van der Waals surface area contributed by atoms with E-state index in [0.717, 1.165) is 22.1 Å². The van der Waals surface area contributed by atoms with Gasteiger partial charge in [0.05, 0.1) is 23.0 Å². The minimum absolute atomic E-state index is 0.0804.